The number of benzene rings is 2. The van der Waals surface area contributed by atoms with Crippen molar-refractivity contribution in [2.45, 2.75) is 38.0 Å². The summed E-state index contributed by atoms with van der Waals surface area (Å²) in [6.07, 6.45) is -3.01. The topological polar surface area (TPSA) is 121 Å². The van der Waals surface area contributed by atoms with E-state index in [0.717, 1.165) is 6.92 Å². The number of halogens is 2. The molecule has 0 saturated carbocycles. The average molecular weight is 492 g/mol. The van der Waals surface area contributed by atoms with Crippen molar-refractivity contribution >= 4 is 21.8 Å². The molecule has 0 aliphatic rings. The van der Waals surface area contributed by atoms with E-state index in [1.165, 1.54) is 17.7 Å². The lowest BCUT2D eigenvalue weighted by molar-refractivity contribution is -0.150. The Morgan fingerprint density at radius 2 is 1.79 bits per heavy atom. The highest BCUT2D eigenvalue weighted by atomic mass is 32.2. The number of ketones is 1. The van der Waals surface area contributed by atoms with Crippen molar-refractivity contribution in [3.63, 3.8) is 0 Å². The fourth-order valence-corrected chi connectivity index (χ4v) is 4.06. The van der Waals surface area contributed by atoms with Gasteiger partial charge in [-0.25, -0.2) is 31.8 Å². The summed E-state index contributed by atoms with van der Waals surface area (Å²) >= 11 is 0. The second-order valence-electron chi connectivity index (χ2n) is 7.63. The fraction of sp³-hybridized carbons (Fsp3) is 0.261. The van der Waals surface area contributed by atoms with Gasteiger partial charge in [0.1, 0.15) is 12.3 Å². The van der Waals surface area contributed by atoms with Crippen LogP contribution in [0, 0.1) is 0 Å². The lowest BCUT2D eigenvalue weighted by Gasteiger charge is -2.23. The van der Waals surface area contributed by atoms with E-state index in [-0.39, 0.29) is 13.0 Å². The predicted molar refractivity (Wildman–Crippen MR) is 121 cm³/mol. The van der Waals surface area contributed by atoms with Gasteiger partial charge in [0.05, 0.1) is 11.4 Å². The highest BCUT2D eigenvalue weighted by Crippen LogP contribution is 2.28. The Kier molecular flexibility index (Phi) is 7.27. The molecule has 3 rings (SSSR count). The Morgan fingerprint density at radius 3 is 2.38 bits per heavy atom. The zero-order chi connectivity index (χ0) is 25.1. The Hall–Kier alpha value is -3.44. The summed E-state index contributed by atoms with van der Waals surface area (Å²) in [5.74, 6) is -2.19. The van der Waals surface area contributed by atoms with Crippen LogP contribution in [0.15, 0.2) is 60.7 Å². The second-order valence-corrected chi connectivity index (χ2v) is 9.54. The van der Waals surface area contributed by atoms with Gasteiger partial charge in [0.15, 0.2) is 5.78 Å². The molecule has 2 N–H and O–H groups in total. The van der Waals surface area contributed by atoms with Gasteiger partial charge in [0.2, 0.25) is 14.8 Å². The quantitative estimate of drug-likeness (QED) is 0.361. The van der Waals surface area contributed by atoms with E-state index in [9.17, 15) is 26.8 Å². The van der Waals surface area contributed by atoms with Crippen LogP contribution in [0.4, 0.5) is 8.78 Å². The number of primary sulfonamides is 1. The van der Waals surface area contributed by atoms with Gasteiger partial charge in [-0.15, -0.1) is 0 Å². The van der Waals surface area contributed by atoms with Crippen molar-refractivity contribution in [3.05, 3.63) is 71.9 Å². The van der Waals surface area contributed by atoms with E-state index in [1.807, 2.05) is 0 Å². The van der Waals surface area contributed by atoms with E-state index in [1.54, 1.807) is 54.6 Å². The molecule has 1 aromatic heterocycles. The number of carbonyl (C=O) groups is 2. The molecule has 0 spiro atoms. The minimum atomic E-state index is -4.58. The number of carbonyl (C=O) groups excluding carboxylic acids is 2. The van der Waals surface area contributed by atoms with Crippen LogP contribution in [0.3, 0.4) is 0 Å². The van der Waals surface area contributed by atoms with E-state index >= 15 is 0 Å². The monoisotopic (exact) mass is 491 g/mol. The molecule has 11 heteroatoms. The summed E-state index contributed by atoms with van der Waals surface area (Å²) in [6.45, 7) is 1.94. The molecule has 0 radical (unpaired) electrons. The van der Waals surface area contributed by atoms with Gasteiger partial charge in [-0.3, -0.25) is 4.79 Å². The molecule has 2 aromatic carbocycles. The normalized spacial score (nSPS) is 13.5. The van der Waals surface area contributed by atoms with Crippen LogP contribution < -0.4 is 5.14 Å². The number of alkyl halides is 2. The van der Waals surface area contributed by atoms with Crippen LogP contribution >= 0.6 is 0 Å². The lowest BCUT2D eigenvalue weighted by atomic mass is 10.0. The number of nitrogens with zero attached hydrogens (tertiary/aromatic N) is 2. The van der Waals surface area contributed by atoms with Crippen molar-refractivity contribution in [2.24, 2.45) is 5.14 Å². The SMILES string of the molecule is CCC(=O)C(C)(C(=O)OCc1cccc(-n2nc(C(F)F)cc2-c2ccccc2)c1)S(N)(=O)=O. The maximum absolute atomic E-state index is 13.4. The summed E-state index contributed by atoms with van der Waals surface area (Å²) in [4.78, 5) is 24.7. The van der Waals surface area contributed by atoms with Gasteiger partial charge < -0.3 is 4.74 Å². The first kappa shape index (κ1) is 25.2. The van der Waals surface area contributed by atoms with Gasteiger partial charge in [-0.05, 0) is 30.7 Å². The van der Waals surface area contributed by atoms with Crippen molar-refractivity contribution in [2.75, 3.05) is 0 Å². The molecule has 0 amide bonds. The molecule has 1 atom stereocenters. The molecule has 8 nitrogen and oxygen atoms in total. The smallest absolute Gasteiger partial charge is 0.336 e. The Bertz CT molecular complexity index is 1310. The van der Waals surface area contributed by atoms with Crippen LogP contribution in [0.2, 0.25) is 0 Å². The van der Waals surface area contributed by atoms with E-state index < -0.39 is 38.6 Å². The zero-order valence-corrected chi connectivity index (χ0v) is 19.3. The minimum absolute atomic E-state index is 0.231. The number of hydrogen-bond donors (Lipinski definition) is 1. The van der Waals surface area contributed by atoms with Gasteiger partial charge in [-0.1, -0.05) is 49.4 Å². The number of esters is 1. The number of ether oxygens (including phenoxy) is 1. The molecule has 1 unspecified atom stereocenters. The zero-order valence-electron chi connectivity index (χ0n) is 18.4. The summed E-state index contributed by atoms with van der Waals surface area (Å²) in [6, 6.07) is 16.5. The standard InChI is InChI=1S/C23H23F2N3O5S/c1-3-20(29)23(2,34(26,31)32)22(30)33-14-15-8-7-11-17(12-15)28-19(13-18(27-28)21(24)25)16-9-5-4-6-10-16/h4-13,21H,3,14H2,1-2H3,(H2,26,31,32). The molecule has 0 aliphatic heterocycles. The highest BCUT2D eigenvalue weighted by Gasteiger charge is 2.51. The Balaban J connectivity index is 1.92. The maximum Gasteiger partial charge on any atom is 0.336 e. The summed E-state index contributed by atoms with van der Waals surface area (Å²) in [5.41, 5.74) is 1.52. The fourth-order valence-electron chi connectivity index (χ4n) is 3.31. The molecule has 1 heterocycles. The number of hydrogen-bond acceptors (Lipinski definition) is 6. The number of aromatic nitrogens is 2. The van der Waals surface area contributed by atoms with Crippen LogP contribution in [0.25, 0.3) is 16.9 Å². The molecular weight excluding hydrogens is 468 g/mol. The molecule has 34 heavy (non-hydrogen) atoms. The van der Waals surface area contributed by atoms with Crippen LogP contribution in [0.5, 0.6) is 0 Å². The van der Waals surface area contributed by atoms with E-state index in [0.29, 0.717) is 22.5 Å². The molecule has 0 saturated heterocycles. The first-order chi connectivity index (χ1) is 16.0. The summed E-state index contributed by atoms with van der Waals surface area (Å²) < 4.78 is 54.6. The third-order valence-corrected chi connectivity index (χ3v) is 6.89. The van der Waals surface area contributed by atoms with Crippen molar-refractivity contribution in [1.29, 1.82) is 0 Å². The third kappa shape index (κ3) is 4.90. The summed E-state index contributed by atoms with van der Waals surface area (Å²) in [7, 11) is -4.58. The van der Waals surface area contributed by atoms with Gasteiger partial charge in [0.25, 0.3) is 6.43 Å². The number of Topliss-reactive ketones (excluding diaryl/α,β-unsaturated/α-hetero) is 1. The number of nitrogens with two attached hydrogens (primary N) is 1. The predicted octanol–water partition coefficient (Wildman–Crippen LogP) is 3.55. The first-order valence-electron chi connectivity index (χ1n) is 10.2. The van der Waals surface area contributed by atoms with Crippen LogP contribution in [-0.4, -0.2) is 34.7 Å². The highest BCUT2D eigenvalue weighted by molar-refractivity contribution is 7.92. The molecule has 3 aromatic rings. The number of rotatable bonds is 9. The van der Waals surface area contributed by atoms with Crippen LogP contribution in [-0.2, 0) is 31.0 Å². The minimum Gasteiger partial charge on any atom is -0.459 e. The summed E-state index contributed by atoms with van der Waals surface area (Å²) in [5, 5.41) is 9.15. The number of sulfonamides is 1. The van der Waals surface area contributed by atoms with Crippen molar-refractivity contribution in [3.8, 4) is 16.9 Å². The van der Waals surface area contributed by atoms with Gasteiger partial charge >= 0.3 is 5.97 Å². The lowest BCUT2D eigenvalue weighted by Crippen LogP contribution is -2.54. The molecule has 180 valence electrons. The molecule has 0 bridgehead atoms. The first-order valence-corrected chi connectivity index (χ1v) is 11.8. The van der Waals surface area contributed by atoms with Gasteiger partial charge in [0, 0.05) is 12.0 Å². The molecular formula is C23H23F2N3O5S. The second kappa shape index (κ2) is 9.82. The Morgan fingerprint density at radius 1 is 1.12 bits per heavy atom. The van der Waals surface area contributed by atoms with Crippen LogP contribution in [0.1, 0.15) is 38.0 Å². The van der Waals surface area contributed by atoms with E-state index in [4.69, 9.17) is 9.88 Å². The average Bonchev–Trinajstić information content (AvgIpc) is 3.27. The third-order valence-electron chi connectivity index (χ3n) is 5.36. The van der Waals surface area contributed by atoms with E-state index in [2.05, 4.69) is 5.10 Å². The van der Waals surface area contributed by atoms with Crippen molar-refractivity contribution in [1.82, 2.24) is 9.78 Å². The largest absolute Gasteiger partial charge is 0.459 e. The van der Waals surface area contributed by atoms with Gasteiger partial charge in [-0.2, -0.15) is 5.10 Å². The maximum atomic E-state index is 13.4. The van der Waals surface area contributed by atoms with Crippen molar-refractivity contribution < 1.29 is 31.5 Å². The molecule has 0 fully saturated rings. The molecule has 0 aliphatic carbocycles. The Labute approximate surface area is 195 Å².